The van der Waals surface area contributed by atoms with Crippen LogP contribution in [-0.4, -0.2) is 83.2 Å². The fraction of sp³-hybridized carbons (Fsp3) is 0.485. The number of hydrogen-bond acceptors (Lipinski definition) is 7. The molecule has 2 aromatic carbocycles. The highest BCUT2D eigenvalue weighted by atomic mass is 35.5. The van der Waals surface area contributed by atoms with Crippen LogP contribution in [0.3, 0.4) is 0 Å². The molecule has 12 heteroatoms. The molecule has 4 aliphatic rings. The number of imide groups is 1. The summed E-state index contributed by atoms with van der Waals surface area (Å²) in [6, 6.07) is 12.0. The molecule has 2 unspecified atom stereocenters. The van der Waals surface area contributed by atoms with Gasteiger partial charge in [0.2, 0.25) is 17.7 Å². The predicted molar refractivity (Wildman–Crippen MR) is 167 cm³/mol. The number of nitrogens with zero attached hydrogens (tertiary/aromatic N) is 4. The Hall–Kier alpha value is -3.65. The molecule has 0 spiro atoms. The third-order valence-electron chi connectivity index (χ3n) is 9.66. The van der Waals surface area contributed by atoms with Crippen molar-refractivity contribution in [3.63, 3.8) is 0 Å². The van der Waals surface area contributed by atoms with Gasteiger partial charge in [-0.15, -0.1) is 0 Å². The van der Waals surface area contributed by atoms with E-state index in [1.54, 1.807) is 30.3 Å². The van der Waals surface area contributed by atoms with Gasteiger partial charge in [-0.3, -0.25) is 29.4 Å². The Bertz CT molecular complexity index is 1570. The zero-order chi connectivity index (χ0) is 31.7. The van der Waals surface area contributed by atoms with Gasteiger partial charge >= 0.3 is 0 Å². The van der Waals surface area contributed by atoms with Crippen molar-refractivity contribution in [3.8, 4) is 11.8 Å². The standard InChI is InChI=1S/C33H35Cl2N5O5/c34-21-7-8-25(35)24(18-21)33(20-36)11-14-39(15-12-33)32(44)27-5-1-2-13-38(27)16-17-45-28-6-3-4-22-23(28)19-40(31(22)43)26-9-10-29(41)37-30(26)42/h3-4,6-8,18,26-27H,1-2,5,9-17,19H2,(H,37,41,42). The van der Waals surface area contributed by atoms with E-state index in [1.807, 2.05) is 11.0 Å². The molecule has 2 aromatic rings. The van der Waals surface area contributed by atoms with Gasteiger partial charge in [0.05, 0.1) is 24.1 Å². The number of hydrogen-bond donors (Lipinski definition) is 1. The first-order valence-corrected chi connectivity index (χ1v) is 16.3. The number of benzene rings is 2. The van der Waals surface area contributed by atoms with Crippen LogP contribution in [0.2, 0.25) is 10.0 Å². The molecule has 0 aliphatic carbocycles. The number of fused-ring (bicyclic) bond motifs is 1. The van der Waals surface area contributed by atoms with Crippen LogP contribution < -0.4 is 10.1 Å². The van der Waals surface area contributed by atoms with Crippen LogP contribution in [0.5, 0.6) is 5.75 Å². The number of amides is 4. The Morgan fingerprint density at radius 3 is 2.62 bits per heavy atom. The summed E-state index contributed by atoms with van der Waals surface area (Å²) >= 11 is 12.7. The van der Waals surface area contributed by atoms with Gasteiger partial charge in [0.25, 0.3) is 5.91 Å². The Kier molecular flexibility index (Phi) is 9.05. The maximum absolute atomic E-state index is 13.8. The number of halogens is 2. The maximum Gasteiger partial charge on any atom is 0.255 e. The summed E-state index contributed by atoms with van der Waals surface area (Å²) in [4.78, 5) is 56.6. The van der Waals surface area contributed by atoms with Crippen LogP contribution in [-0.2, 0) is 26.3 Å². The van der Waals surface area contributed by atoms with Crippen molar-refractivity contribution in [2.45, 2.75) is 69.0 Å². The molecule has 4 aliphatic heterocycles. The van der Waals surface area contributed by atoms with Crippen LogP contribution in [0, 0.1) is 11.3 Å². The molecule has 0 bridgehead atoms. The Balaban J connectivity index is 1.07. The number of ether oxygens (including phenoxy) is 1. The minimum absolute atomic E-state index is 0.0736. The van der Waals surface area contributed by atoms with E-state index in [4.69, 9.17) is 27.9 Å². The van der Waals surface area contributed by atoms with E-state index in [1.165, 1.54) is 4.90 Å². The third-order valence-corrected chi connectivity index (χ3v) is 10.2. The molecule has 0 saturated carbocycles. The first-order chi connectivity index (χ1) is 21.7. The average molecular weight is 653 g/mol. The zero-order valence-electron chi connectivity index (χ0n) is 24.9. The SMILES string of the molecule is N#CC1(c2cc(Cl)ccc2Cl)CCN(C(=O)C2CCCCN2CCOc2cccc3c2CN(C2CCC(=O)NC2=O)C3=O)CC1. The molecule has 4 amide bonds. The van der Waals surface area contributed by atoms with Crippen LogP contribution in [0.25, 0.3) is 0 Å². The summed E-state index contributed by atoms with van der Waals surface area (Å²) in [7, 11) is 0. The molecule has 0 aromatic heterocycles. The molecular formula is C33H35Cl2N5O5. The summed E-state index contributed by atoms with van der Waals surface area (Å²) in [5.74, 6) is -0.359. The van der Waals surface area contributed by atoms with E-state index >= 15 is 0 Å². The number of carbonyl (C=O) groups is 4. The van der Waals surface area contributed by atoms with Crippen molar-refractivity contribution in [3.05, 3.63) is 63.1 Å². The summed E-state index contributed by atoms with van der Waals surface area (Å²) in [6.45, 7) is 2.81. The third kappa shape index (κ3) is 6.14. The molecular weight excluding hydrogens is 617 g/mol. The number of rotatable bonds is 7. The van der Waals surface area contributed by atoms with E-state index < -0.39 is 17.4 Å². The van der Waals surface area contributed by atoms with E-state index in [9.17, 15) is 24.4 Å². The fourth-order valence-electron chi connectivity index (χ4n) is 7.13. The minimum atomic E-state index is -0.788. The van der Waals surface area contributed by atoms with Gasteiger partial charge in [0.1, 0.15) is 18.4 Å². The van der Waals surface area contributed by atoms with Gasteiger partial charge < -0.3 is 14.5 Å². The molecule has 3 fully saturated rings. The van der Waals surface area contributed by atoms with Crippen LogP contribution in [0.1, 0.15) is 66.4 Å². The maximum atomic E-state index is 13.8. The molecule has 1 N–H and O–H groups in total. The van der Waals surface area contributed by atoms with Crippen molar-refractivity contribution in [2.24, 2.45) is 0 Å². The molecule has 3 saturated heterocycles. The Morgan fingerprint density at radius 2 is 1.87 bits per heavy atom. The van der Waals surface area contributed by atoms with Crippen molar-refractivity contribution in [1.29, 1.82) is 5.26 Å². The number of nitriles is 1. The van der Waals surface area contributed by atoms with Gasteiger partial charge in [0, 0.05) is 47.2 Å². The van der Waals surface area contributed by atoms with E-state index in [-0.39, 0.29) is 36.7 Å². The largest absolute Gasteiger partial charge is 0.492 e. The van der Waals surface area contributed by atoms with Crippen molar-refractivity contribution in [1.82, 2.24) is 20.0 Å². The van der Waals surface area contributed by atoms with Crippen LogP contribution >= 0.6 is 23.2 Å². The topological polar surface area (TPSA) is 123 Å². The number of nitrogens with one attached hydrogen (secondary N) is 1. The van der Waals surface area contributed by atoms with Crippen LogP contribution in [0.15, 0.2) is 36.4 Å². The second-order valence-electron chi connectivity index (χ2n) is 12.2. The predicted octanol–water partition coefficient (Wildman–Crippen LogP) is 4.07. The van der Waals surface area contributed by atoms with Gasteiger partial charge in [-0.2, -0.15) is 5.26 Å². The smallest absolute Gasteiger partial charge is 0.255 e. The number of carbonyl (C=O) groups excluding carboxylic acids is 4. The second kappa shape index (κ2) is 13.0. The quantitative estimate of drug-likeness (QED) is 0.448. The summed E-state index contributed by atoms with van der Waals surface area (Å²) in [6.07, 6.45) is 4.18. The number of likely N-dealkylation sites (tertiary alicyclic amines) is 2. The molecule has 2 atom stereocenters. The molecule has 0 radical (unpaired) electrons. The lowest BCUT2D eigenvalue weighted by Crippen LogP contribution is -2.54. The van der Waals surface area contributed by atoms with Gasteiger partial charge in [0.15, 0.2) is 0 Å². The van der Waals surface area contributed by atoms with Gasteiger partial charge in [-0.1, -0.05) is 35.7 Å². The number of piperidine rings is 3. The Morgan fingerprint density at radius 1 is 1.07 bits per heavy atom. The molecule has 6 rings (SSSR count). The molecule has 45 heavy (non-hydrogen) atoms. The normalized spacial score (nSPS) is 23.4. The van der Waals surface area contributed by atoms with Gasteiger partial charge in [-0.05, 0) is 74.5 Å². The summed E-state index contributed by atoms with van der Waals surface area (Å²) in [5.41, 5.74) is 1.16. The average Bonchev–Trinajstić information content (AvgIpc) is 3.38. The lowest BCUT2D eigenvalue weighted by Gasteiger charge is -2.42. The van der Waals surface area contributed by atoms with E-state index in [0.29, 0.717) is 66.9 Å². The lowest BCUT2D eigenvalue weighted by atomic mass is 9.74. The second-order valence-corrected chi connectivity index (χ2v) is 13.1. The molecule has 10 nitrogen and oxygen atoms in total. The highest BCUT2D eigenvalue weighted by Crippen LogP contribution is 2.40. The molecule has 236 valence electrons. The minimum Gasteiger partial charge on any atom is -0.492 e. The fourth-order valence-corrected chi connectivity index (χ4v) is 7.60. The van der Waals surface area contributed by atoms with Crippen molar-refractivity contribution in [2.75, 3.05) is 32.8 Å². The highest BCUT2D eigenvalue weighted by Gasteiger charge is 2.42. The van der Waals surface area contributed by atoms with Crippen molar-refractivity contribution >= 4 is 46.8 Å². The highest BCUT2D eigenvalue weighted by molar-refractivity contribution is 6.33. The van der Waals surface area contributed by atoms with E-state index in [0.717, 1.165) is 36.9 Å². The first kappa shape index (κ1) is 31.3. The van der Waals surface area contributed by atoms with Gasteiger partial charge in [-0.25, -0.2) is 0 Å². The van der Waals surface area contributed by atoms with Crippen molar-refractivity contribution < 1.29 is 23.9 Å². The van der Waals surface area contributed by atoms with Crippen LogP contribution in [0.4, 0.5) is 0 Å². The monoisotopic (exact) mass is 651 g/mol. The van der Waals surface area contributed by atoms with E-state index in [2.05, 4.69) is 16.3 Å². The zero-order valence-corrected chi connectivity index (χ0v) is 26.4. The summed E-state index contributed by atoms with van der Waals surface area (Å²) < 4.78 is 6.21. The Labute approximate surface area is 272 Å². The lowest BCUT2D eigenvalue weighted by molar-refractivity contribution is -0.140. The molecule has 4 heterocycles. The summed E-state index contributed by atoms with van der Waals surface area (Å²) in [5, 5.41) is 13.5. The first-order valence-electron chi connectivity index (χ1n) is 15.5.